The maximum atomic E-state index is 12.2. The Morgan fingerprint density at radius 2 is 2.23 bits per heavy atom. The number of likely N-dealkylation sites (N-methyl/N-ethyl adjacent to an activating group) is 1. The minimum Gasteiger partial charge on any atom is -0.370 e. The zero-order valence-electron chi connectivity index (χ0n) is 11.9. The lowest BCUT2D eigenvalue weighted by Crippen LogP contribution is -2.49. The number of hydrogen-bond acceptors (Lipinski definition) is 5. The van der Waals surface area contributed by atoms with E-state index in [1.807, 2.05) is 0 Å². The fourth-order valence-electron chi connectivity index (χ4n) is 2.10. The second-order valence-corrected chi connectivity index (χ2v) is 4.97. The van der Waals surface area contributed by atoms with E-state index in [1.54, 1.807) is 19.1 Å². The number of nitrogens with one attached hydrogen (secondary N) is 1. The highest BCUT2D eigenvalue weighted by Gasteiger charge is 2.43. The van der Waals surface area contributed by atoms with Crippen LogP contribution in [-0.2, 0) is 9.59 Å². The molecule has 0 spiro atoms. The maximum absolute atomic E-state index is 12.2. The second kappa shape index (κ2) is 6.48. The Morgan fingerprint density at radius 3 is 2.77 bits per heavy atom. The van der Waals surface area contributed by atoms with Gasteiger partial charge in [0.1, 0.15) is 6.04 Å². The molecule has 1 aliphatic rings. The first-order valence-corrected chi connectivity index (χ1v) is 7.00. The number of nitrogens with two attached hydrogens (primary N) is 1. The van der Waals surface area contributed by atoms with Crippen molar-refractivity contribution in [3.63, 3.8) is 0 Å². The number of aromatic nitrogens is 1. The zero-order valence-corrected chi connectivity index (χ0v) is 12.7. The Morgan fingerprint density at radius 1 is 1.50 bits per heavy atom. The summed E-state index contributed by atoms with van der Waals surface area (Å²) in [5.41, 5.74) is 8.02. The van der Waals surface area contributed by atoms with Crippen LogP contribution in [0.25, 0.3) is 0 Å². The highest BCUT2D eigenvalue weighted by molar-refractivity contribution is 7.80. The molecule has 1 saturated heterocycles. The average Bonchev–Trinajstić information content (AvgIpc) is 2.71. The van der Waals surface area contributed by atoms with Gasteiger partial charge >= 0.3 is 0 Å². The predicted molar refractivity (Wildman–Crippen MR) is 81.1 cm³/mol. The Hall–Kier alpha value is -2.55. The summed E-state index contributed by atoms with van der Waals surface area (Å²) in [7, 11) is 0. The smallest absolute Gasteiger partial charge is 0.271 e. The number of pyridine rings is 1. The van der Waals surface area contributed by atoms with Crippen LogP contribution in [0.3, 0.4) is 0 Å². The summed E-state index contributed by atoms with van der Waals surface area (Å²) in [6, 6.07) is 2.26. The third kappa shape index (κ3) is 3.03. The molecule has 1 atom stereocenters. The van der Waals surface area contributed by atoms with Crippen LogP contribution in [-0.4, -0.2) is 50.3 Å². The van der Waals surface area contributed by atoms with Crippen molar-refractivity contribution in [2.45, 2.75) is 19.4 Å². The lowest BCUT2D eigenvalue weighted by Gasteiger charge is -2.23. The number of amides is 3. The summed E-state index contributed by atoms with van der Waals surface area (Å²) in [5, 5.41) is 1.34. The van der Waals surface area contributed by atoms with Crippen LogP contribution in [0.15, 0.2) is 24.5 Å². The van der Waals surface area contributed by atoms with E-state index in [1.165, 1.54) is 22.3 Å². The molecule has 0 saturated carbocycles. The van der Waals surface area contributed by atoms with Crippen molar-refractivity contribution >= 4 is 35.1 Å². The van der Waals surface area contributed by atoms with E-state index in [4.69, 9.17) is 18.0 Å². The van der Waals surface area contributed by atoms with E-state index in [9.17, 15) is 14.4 Å². The van der Waals surface area contributed by atoms with E-state index in [-0.39, 0.29) is 17.4 Å². The van der Waals surface area contributed by atoms with Gasteiger partial charge in [-0.1, -0.05) is 0 Å². The number of primary amides is 1. The third-order valence-corrected chi connectivity index (χ3v) is 3.57. The molecule has 0 radical (unpaired) electrons. The first-order valence-electron chi connectivity index (χ1n) is 6.59. The van der Waals surface area contributed by atoms with Gasteiger partial charge in [-0.25, -0.2) is 5.01 Å². The Bertz CT molecular complexity index is 621. The number of nitrogens with zero attached hydrogens (tertiary/aromatic N) is 3. The third-order valence-electron chi connectivity index (χ3n) is 3.16. The van der Waals surface area contributed by atoms with Crippen molar-refractivity contribution < 1.29 is 14.4 Å². The maximum Gasteiger partial charge on any atom is 0.271 e. The zero-order chi connectivity index (χ0) is 16.3. The molecule has 0 unspecified atom stereocenters. The molecule has 2 rings (SSSR count). The molecular weight excluding hydrogens is 306 g/mol. The Labute approximate surface area is 132 Å². The van der Waals surface area contributed by atoms with E-state index in [2.05, 4.69) is 10.4 Å². The standard InChI is InChI=1S/C13H15N5O3S/c1-2-17-12(21)9(6-10(14)19)18(13(17)22)16-11(20)8-4-3-5-15-7-8/h3-5,7,9H,2,6H2,1H3,(H2,14,19)(H,16,20)/t9-/m0/s1. The van der Waals surface area contributed by atoms with Gasteiger partial charge in [-0.15, -0.1) is 0 Å². The quantitative estimate of drug-likeness (QED) is 0.702. The van der Waals surface area contributed by atoms with Gasteiger partial charge in [-0.05, 0) is 31.3 Å². The van der Waals surface area contributed by atoms with Gasteiger partial charge in [-0.3, -0.25) is 29.7 Å². The van der Waals surface area contributed by atoms with Gasteiger partial charge in [0.2, 0.25) is 5.91 Å². The molecule has 22 heavy (non-hydrogen) atoms. The minimum absolute atomic E-state index is 0.135. The summed E-state index contributed by atoms with van der Waals surface area (Å²) in [5.74, 6) is -1.49. The van der Waals surface area contributed by atoms with Crippen LogP contribution >= 0.6 is 12.2 Å². The van der Waals surface area contributed by atoms with E-state index >= 15 is 0 Å². The van der Waals surface area contributed by atoms with Gasteiger partial charge < -0.3 is 5.73 Å². The first kappa shape index (κ1) is 15.8. The van der Waals surface area contributed by atoms with Crippen molar-refractivity contribution in [3.8, 4) is 0 Å². The summed E-state index contributed by atoms with van der Waals surface area (Å²) in [4.78, 5) is 40.7. The van der Waals surface area contributed by atoms with Crippen LogP contribution in [0.2, 0.25) is 0 Å². The highest BCUT2D eigenvalue weighted by Crippen LogP contribution is 2.18. The number of carbonyl (C=O) groups is 3. The predicted octanol–water partition coefficient (Wildman–Crippen LogP) is -0.581. The molecule has 0 aromatic carbocycles. The normalized spacial score (nSPS) is 17.8. The molecule has 0 aliphatic carbocycles. The van der Waals surface area contributed by atoms with Crippen molar-refractivity contribution in [1.29, 1.82) is 0 Å². The van der Waals surface area contributed by atoms with E-state index in [0.717, 1.165) is 0 Å². The fourth-order valence-corrected chi connectivity index (χ4v) is 2.50. The van der Waals surface area contributed by atoms with Crippen molar-refractivity contribution in [2.75, 3.05) is 6.54 Å². The summed E-state index contributed by atoms with van der Waals surface area (Å²) in [6.45, 7) is 2.09. The number of carbonyl (C=O) groups excluding carboxylic acids is 3. The lowest BCUT2D eigenvalue weighted by molar-refractivity contribution is -0.131. The lowest BCUT2D eigenvalue weighted by atomic mass is 10.2. The summed E-state index contributed by atoms with van der Waals surface area (Å²) < 4.78 is 0. The molecule has 1 fully saturated rings. The van der Waals surface area contributed by atoms with E-state index in [0.29, 0.717) is 12.1 Å². The SMILES string of the molecule is CCN1C(=O)[C@H](CC(N)=O)N(NC(=O)c2cccnc2)C1=S. The van der Waals surface area contributed by atoms with Crippen LogP contribution in [0.4, 0.5) is 0 Å². The molecule has 1 aliphatic heterocycles. The number of hydrazine groups is 1. The van der Waals surface area contributed by atoms with Crippen molar-refractivity contribution in [3.05, 3.63) is 30.1 Å². The fraction of sp³-hybridized carbons (Fsp3) is 0.308. The number of hydrogen-bond donors (Lipinski definition) is 2. The second-order valence-electron chi connectivity index (χ2n) is 4.60. The molecule has 1 aromatic heterocycles. The highest BCUT2D eigenvalue weighted by atomic mass is 32.1. The molecule has 8 nitrogen and oxygen atoms in total. The molecule has 3 amide bonds. The van der Waals surface area contributed by atoms with Crippen LogP contribution in [0.5, 0.6) is 0 Å². The van der Waals surface area contributed by atoms with Gasteiger partial charge in [0.25, 0.3) is 11.8 Å². The molecule has 3 N–H and O–H groups in total. The van der Waals surface area contributed by atoms with Crippen LogP contribution in [0, 0.1) is 0 Å². The molecule has 1 aromatic rings. The van der Waals surface area contributed by atoms with Gasteiger partial charge in [0, 0.05) is 18.9 Å². The van der Waals surface area contributed by atoms with Crippen LogP contribution in [0.1, 0.15) is 23.7 Å². The van der Waals surface area contributed by atoms with Crippen molar-refractivity contribution in [1.82, 2.24) is 20.3 Å². The largest absolute Gasteiger partial charge is 0.370 e. The van der Waals surface area contributed by atoms with Crippen LogP contribution < -0.4 is 11.2 Å². The number of rotatable bonds is 5. The average molecular weight is 321 g/mol. The van der Waals surface area contributed by atoms with Gasteiger partial charge in [-0.2, -0.15) is 0 Å². The summed E-state index contributed by atoms with van der Waals surface area (Å²) >= 11 is 5.18. The molecular formula is C13H15N5O3S. The first-order chi connectivity index (χ1) is 10.5. The number of thiocarbonyl (C=S) groups is 1. The summed E-state index contributed by atoms with van der Waals surface area (Å²) in [6.07, 6.45) is 2.69. The molecule has 9 heteroatoms. The topological polar surface area (TPSA) is 109 Å². The molecule has 0 bridgehead atoms. The van der Waals surface area contributed by atoms with Gasteiger partial charge in [0.15, 0.2) is 5.11 Å². The van der Waals surface area contributed by atoms with Gasteiger partial charge in [0.05, 0.1) is 12.0 Å². The van der Waals surface area contributed by atoms with Crippen molar-refractivity contribution in [2.24, 2.45) is 5.73 Å². The molecule has 2 heterocycles. The minimum atomic E-state index is -0.925. The monoisotopic (exact) mass is 321 g/mol. The Balaban J connectivity index is 2.22. The van der Waals surface area contributed by atoms with E-state index < -0.39 is 17.9 Å². The Kier molecular flexibility index (Phi) is 4.66. The molecule has 116 valence electrons.